The smallest absolute Gasteiger partial charge is 0.227 e. The van der Waals surface area contributed by atoms with Crippen LogP contribution in [0.15, 0.2) is 18.2 Å². The number of nitrogens with zero attached hydrogens (tertiary/aromatic N) is 1. The molecule has 0 radical (unpaired) electrons. The van der Waals surface area contributed by atoms with E-state index >= 15 is 0 Å². The number of fused-ring (bicyclic) bond motifs is 1. The molecule has 0 unspecified atom stereocenters. The monoisotopic (exact) mass is 190 g/mol. The molecule has 0 saturated heterocycles. The lowest BCUT2D eigenvalue weighted by Crippen LogP contribution is -2.32. The molecule has 0 bridgehead atoms. The van der Waals surface area contributed by atoms with Crippen LogP contribution in [-0.2, 0) is 17.8 Å². The zero-order valence-electron chi connectivity index (χ0n) is 8.29. The first kappa shape index (κ1) is 9.21. The van der Waals surface area contributed by atoms with E-state index in [-0.39, 0.29) is 5.91 Å². The number of rotatable bonds is 1. The van der Waals surface area contributed by atoms with Crippen molar-refractivity contribution in [3.05, 3.63) is 29.3 Å². The Labute approximate surface area is 83.5 Å². The number of para-hydroxylation sites is 1. The van der Waals surface area contributed by atoms with Gasteiger partial charge in [0.25, 0.3) is 0 Å². The molecule has 0 fully saturated rings. The molecule has 74 valence electrons. The molecular weight excluding hydrogens is 176 g/mol. The summed E-state index contributed by atoms with van der Waals surface area (Å²) in [6.45, 7) is 0.487. The standard InChI is InChI=1S/C11H14N2O/c1-13-10(14)6-5-8-3-2-4-9(7-12)11(8)13/h2-4H,5-7,12H2,1H3. The molecule has 0 atom stereocenters. The zero-order valence-corrected chi connectivity index (χ0v) is 8.29. The lowest BCUT2D eigenvalue weighted by Gasteiger charge is -2.27. The first-order chi connectivity index (χ1) is 6.74. The van der Waals surface area contributed by atoms with E-state index in [1.165, 1.54) is 5.56 Å². The third-order valence-electron chi connectivity index (χ3n) is 2.74. The van der Waals surface area contributed by atoms with E-state index in [2.05, 4.69) is 6.07 Å². The molecule has 1 aliphatic heterocycles. The summed E-state index contributed by atoms with van der Waals surface area (Å²) in [5, 5.41) is 0. The van der Waals surface area contributed by atoms with Crippen LogP contribution in [-0.4, -0.2) is 13.0 Å². The van der Waals surface area contributed by atoms with Gasteiger partial charge in [0.1, 0.15) is 0 Å². The molecule has 1 aromatic rings. The molecule has 3 heteroatoms. The van der Waals surface area contributed by atoms with Gasteiger partial charge in [0, 0.05) is 20.0 Å². The van der Waals surface area contributed by atoms with Gasteiger partial charge < -0.3 is 10.6 Å². The minimum absolute atomic E-state index is 0.179. The Balaban J connectivity index is 2.55. The molecule has 0 saturated carbocycles. The van der Waals surface area contributed by atoms with Gasteiger partial charge in [0.05, 0.1) is 5.69 Å². The van der Waals surface area contributed by atoms with Crippen molar-refractivity contribution in [1.29, 1.82) is 0 Å². The highest BCUT2D eigenvalue weighted by molar-refractivity contribution is 5.96. The molecule has 2 N–H and O–H groups in total. The Bertz CT molecular complexity index is 359. The van der Waals surface area contributed by atoms with Crippen molar-refractivity contribution in [1.82, 2.24) is 0 Å². The number of nitrogens with two attached hydrogens (primary N) is 1. The van der Waals surface area contributed by atoms with Gasteiger partial charge >= 0.3 is 0 Å². The average molecular weight is 190 g/mol. The fraction of sp³-hybridized carbons (Fsp3) is 0.364. The molecule has 0 spiro atoms. The summed E-state index contributed by atoms with van der Waals surface area (Å²) in [6.07, 6.45) is 1.45. The lowest BCUT2D eigenvalue weighted by molar-refractivity contribution is -0.118. The molecule has 14 heavy (non-hydrogen) atoms. The van der Waals surface area contributed by atoms with Crippen LogP contribution in [0.3, 0.4) is 0 Å². The van der Waals surface area contributed by atoms with Crippen LogP contribution in [0.4, 0.5) is 5.69 Å². The highest BCUT2D eigenvalue weighted by atomic mass is 16.2. The van der Waals surface area contributed by atoms with Gasteiger partial charge in [0.15, 0.2) is 0 Å². The number of hydrogen-bond donors (Lipinski definition) is 1. The molecule has 1 amide bonds. The Hall–Kier alpha value is -1.35. The fourth-order valence-corrected chi connectivity index (χ4v) is 1.98. The van der Waals surface area contributed by atoms with E-state index in [4.69, 9.17) is 5.73 Å². The van der Waals surface area contributed by atoms with Gasteiger partial charge in [-0.2, -0.15) is 0 Å². The Morgan fingerprint density at radius 3 is 2.93 bits per heavy atom. The van der Waals surface area contributed by atoms with Crippen molar-refractivity contribution in [3.8, 4) is 0 Å². The summed E-state index contributed by atoms with van der Waals surface area (Å²) in [5.74, 6) is 0.179. The molecule has 1 aliphatic rings. The van der Waals surface area contributed by atoms with Gasteiger partial charge in [-0.05, 0) is 17.5 Å². The number of anilines is 1. The highest BCUT2D eigenvalue weighted by Crippen LogP contribution is 2.29. The van der Waals surface area contributed by atoms with Crippen molar-refractivity contribution in [2.24, 2.45) is 5.73 Å². The number of carbonyl (C=O) groups excluding carboxylic acids is 1. The van der Waals surface area contributed by atoms with Gasteiger partial charge in [-0.15, -0.1) is 0 Å². The molecule has 1 heterocycles. The average Bonchev–Trinajstić information content (AvgIpc) is 2.23. The van der Waals surface area contributed by atoms with Crippen LogP contribution < -0.4 is 10.6 Å². The van der Waals surface area contributed by atoms with Crippen molar-refractivity contribution >= 4 is 11.6 Å². The van der Waals surface area contributed by atoms with Crippen LogP contribution in [0.25, 0.3) is 0 Å². The van der Waals surface area contributed by atoms with E-state index in [0.717, 1.165) is 17.7 Å². The van der Waals surface area contributed by atoms with E-state index < -0.39 is 0 Å². The van der Waals surface area contributed by atoms with Crippen LogP contribution in [0.2, 0.25) is 0 Å². The van der Waals surface area contributed by atoms with Crippen molar-refractivity contribution < 1.29 is 4.79 Å². The fourth-order valence-electron chi connectivity index (χ4n) is 1.98. The largest absolute Gasteiger partial charge is 0.326 e. The summed E-state index contributed by atoms with van der Waals surface area (Å²) < 4.78 is 0. The second kappa shape index (κ2) is 3.42. The third-order valence-corrected chi connectivity index (χ3v) is 2.74. The van der Waals surface area contributed by atoms with Crippen LogP contribution in [0, 0.1) is 0 Å². The second-order valence-electron chi connectivity index (χ2n) is 3.58. The second-order valence-corrected chi connectivity index (χ2v) is 3.58. The zero-order chi connectivity index (χ0) is 10.1. The van der Waals surface area contributed by atoms with E-state index in [9.17, 15) is 4.79 Å². The lowest BCUT2D eigenvalue weighted by atomic mass is 9.98. The maximum atomic E-state index is 11.5. The summed E-state index contributed by atoms with van der Waals surface area (Å²) >= 11 is 0. The number of benzene rings is 1. The quantitative estimate of drug-likeness (QED) is 0.719. The molecule has 3 nitrogen and oxygen atoms in total. The predicted molar refractivity (Wildman–Crippen MR) is 56.1 cm³/mol. The third kappa shape index (κ3) is 1.30. The minimum Gasteiger partial charge on any atom is -0.326 e. The molecule has 0 aromatic heterocycles. The highest BCUT2D eigenvalue weighted by Gasteiger charge is 2.22. The predicted octanol–water partition coefficient (Wildman–Crippen LogP) is 1.05. The van der Waals surface area contributed by atoms with Crippen LogP contribution in [0.1, 0.15) is 17.5 Å². The van der Waals surface area contributed by atoms with Crippen molar-refractivity contribution in [2.45, 2.75) is 19.4 Å². The molecule has 2 rings (SSSR count). The topological polar surface area (TPSA) is 46.3 Å². The summed E-state index contributed by atoms with van der Waals surface area (Å²) in [5.41, 5.74) is 8.95. The molecular formula is C11H14N2O. The van der Waals surface area contributed by atoms with Gasteiger partial charge in [-0.1, -0.05) is 18.2 Å². The number of aryl methyl sites for hydroxylation is 1. The Morgan fingerprint density at radius 1 is 1.43 bits per heavy atom. The Kier molecular flexibility index (Phi) is 2.25. The Morgan fingerprint density at radius 2 is 2.21 bits per heavy atom. The summed E-state index contributed by atoms with van der Waals surface area (Å²) in [4.78, 5) is 13.2. The van der Waals surface area contributed by atoms with Gasteiger partial charge in [0.2, 0.25) is 5.91 Å². The van der Waals surface area contributed by atoms with Crippen molar-refractivity contribution in [2.75, 3.05) is 11.9 Å². The van der Waals surface area contributed by atoms with Gasteiger partial charge in [-0.3, -0.25) is 4.79 Å². The maximum Gasteiger partial charge on any atom is 0.227 e. The van der Waals surface area contributed by atoms with E-state index in [0.29, 0.717) is 13.0 Å². The number of amides is 1. The number of hydrogen-bond acceptors (Lipinski definition) is 2. The van der Waals surface area contributed by atoms with Crippen LogP contribution in [0.5, 0.6) is 0 Å². The first-order valence-corrected chi connectivity index (χ1v) is 4.81. The number of carbonyl (C=O) groups is 1. The normalized spacial score (nSPS) is 15.6. The maximum absolute atomic E-state index is 11.5. The molecule has 1 aromatic carbocycles. The minimum atomic E-state index is 0.179. The van der Waals surface area contributed by atoms with E-state index in [1.807, 2.05) is 19.2 Å². The first-order valence-electron chi connectivity index (χ1n) is 4.81. The molecule has 0 aliphatic carbocycles. The van der Waals surface area contributed by atoms with Crippen molar-refractivity contribution in [3.63, 3.8) is 0 Å². The SMILES string of the molecule is CN1C(=O)CCc2cccc(CN)c21. The van der Waals surface area contributed by atoms with E-state index in [1.54, 1.807) is 4.90 Å². The summed E-state index contributed by atoms with van der Waals surface area (Å²) in [7, 11) is 1.82. The van der Waals surface area contributed by atoms with Gasteiger partial charge in [-0.25, -0.2) is 0 Å². The van der Waals surface area contributed by atoms with Crippen LogP contribution >= 0.6 is 0 Å². The summed E-state index contributed by atoms with van der Waals surface area (Å²) in [6, 6.07) is 6.05.